The van der Waals surface area contributed by atoms with Crippen molar-refractivity contribution in [3.05, 3.63) is 161 Å². The number of rotatable bonds is 7. The molecule has 46 heavy (non-hydrogen) atoms. The molecule has 1 aliphatic heterocycles. The van der Waals surface area contributed by atoms with Gasteiger partial charge in [-0.1, -0.05) is 88.4 Å². The van der Waals surface area contributed by atoms with E-state index >= 15 is 0 Å². The van der Waals surface area contributed by atoms with E-state index in [1.807, 2.05) is 37.8 Å². The van der Waals surface area contributed by atoms with Crippen molar-refractivity contribution in [3.8, 4) is 0 Å². The highest BCUT2D eigenvalue weighted by atomic mass is 15.2. The third kappa shape index (κ3) is 5.74. The second-order valence-electron chi connectivity index (χ2n) is 13.0. The van der Waals surface area contributed by atoms with Crippen molar-refractivity contribution >= 4 is 22.9 Å². The van der Waals surface area contributed by atoms with Crippen LogP contribution in [0.1, 0.15) is 51.7 Å². The zero-order valence-electron chi connectivity index (χ0n) is 27.8. The number of fused-ring (bicyclic) bond motifs is 1. The Bertz CT molecular complexity index is 1820. The molecule has 0 saturated heterocycles. The van der Waals surface area contributed by atoms with Gasteiger partial charge in [-0.15, -0.1) is 0 Å². The van der Waals surface area contributed by atoms with Crippen LogP contribution in [-0.4, -0.2) is 29.8 Å². The first-order valence-corrected chi connectivity index (χ1v) is 16.1. The number of allylic oxidation sites excluding steroid dienone is 8. The van der Waals surface area contributed by atoms with E-state index in [-0.39, 0.29) is 10.8 Å². The molecule has 0 amide bonds. The summed E-state index contributed by atoms with van der Waals surface area (Å²) < 4.78 is 2.42. The van der Waals surface area contributed by atoms with Gasteiger partial charge in [-0.25, -0.2) is 4.98 Å². The lowest BCUT2D eigenvalue weighted by Gasteiger charge is -2.28. The van der Waals surface area contributed by atoms with E-state index in [4.69, 9.17) is 4.98 Å². The predicted octanol–water partition coefficient (Wildman–Crippen LogP) is 8.79. The lowest BCUT2D eigenvalue weighted by molar-refractivity contribution is 0.578. The minimum absolute atomic E-state index is 0.145. The standard InChI is InChI=1S/C41H43N5/c1-40(2,32-15-13-27-43-29-32)36(42-5)25-23-30-21-22-31(24-26-37-41(3,4)35-20-14-28-44-39(35)45(37)6)38(30)46(33-16-9-7-10-17-33)34-18-11-8-12-19-34/h7-20,23-29H,21-22H2,1-6H3/p+1. The number of likely N-dealkylation sites (N-methyl/N-ethyl adjacent to an activating group) is 2. The molecular weight excluding hydrogens is 562 g/mol. The molecule has 6 rings (SSSR count). The minimum Gasteiger partial charge on any atom is -0.391 e. The normalized spacial score (nSPS) is 18.8. The number of nitrogens with one attached hydrogen (secondary N) is 1. The molecule has 0 atom stereocenters. The first-order valence-electron chi connectivity index (χ1n) is 16.1. The summed E-state index contributed by atoms with van der Waals surface area (Å²) >= 11 is 0. The SMILES string of the molecule is CN/C(=C/C=C1\CCC(=CC=C2N(C)c3ncccc3C2(C)C)C1=[N+](c1ccccc1)c1ccccc1)C(C)(C)c1cccnc1. The van der Waals surface area contributed by atoms with E-state index in [1.54, 1.807) is 0 Å². The van der Waals surface area contributed by atoms with Crippen LogP contribution in [0, 0.1) is 0 Å². The smallest absolute Gasteiger partial charge is 0.218 e. The highest BCUT2D eigenvalue weighted by Crippen LogP contribution is 2.45. The molecular formula is C41H44N5+. The van der Waals surface area contributed by atoms with Crippen LogP contribution in [0.25, 0.3) is 0 Å². The minimum atomic E-state index is -0.234. The van der Waals surface area contributed by atoms with Gasteiger partial charge in [-0.2, -0.15) is 4.58 Å². The van der Waals surface area contributed by atoms with Crippen LogP contribution in [-0.2, 0) is 10.8 Å². The topological polar surface area (TPSA) is 44.1 Å². The fourth-order valence-corrected chi connectivity index (χ4v) is 6.88. The number of anilines is 1. The summed E-state index contributed by atoms with van der Waals surface area (Å²) in [6.45, 7) is 9.07. The van der Waals surface area contributed by atoms with Gasteiger partial charge in [0, 0.05) is 95.9 Å². The maximum absolute atomic E-state index is 4.72. The molecule has 5 nitrogen and oxygen atoms in total. The monoisotopic (exact) mass is 606 g/mol. The first kappa shape index (κ1) is 31.0. The highest BCUT2D eigenvalue weighted by molar-refractivity contribution is 6.17. The van der Waals surface area contributed by atoms with E-state index in [2.05, 4.69) is 152 Å². The molecule has 232 valence electrons. The van der Waals surface area contributed by atoms with Crippen LogP contribution in [0.15, 0.2) is 150 Å². The van der Waals surface area contributed by atoms with Gasteiger partial charge < -0.3 is 10.2 Å². The molecule has 5 heteroatoms. The highest BCUT2D eigenvalue weighted by Gasteiger charge is 2.39. The van der Waals surface area contributed by atoms with Crippen molar-refractivity contribution in [2.45, 2.75) is 51.4 Å². The summed E-state index contributed by atoms with van der Waals surface area (Å²) in [5.41, 5.74) is 10.5. The molecule has 2 aromatic heterocycles. The average Bonchev–Trinajstić information content (AvgIpc) is 3.56. The van der Waals surface area contributed by atoms with Gasteiger partial charge in [-0.05, 0) is 42.7 Å². The Morgan fingerprint density at radius 3 is 2.04 bits per heavy atom. The van der Waals surface area contributed by atoms with E-state index in [0.717, 1.165) is 35.7 Å². The van der Waals surface area contributed by atoms with Crippen LogP contribution in [0.3, 0.4) is 0 Å². The number of pyridine rings is 2. The predicted molar refractivity (Wildman–Crippen MR) is 193 cm³/mol. The quantitative estimate of drug-likeness (QED) is 0.214. The van der Waals surface area contributed by atoms with Crippen LogP contribution in [0.2, 0.25) is 0 Å². The third-order valence-electron chi connectivity index (χ3n) is 9.52. The van der Waals surface area contributed by atoms with Crippen LogP contribution in [0.4, 0.5) is 17.2 Å². The van der Waals surface area contributed by atoms with Crippen molar-refractivity contribution in [2.75, 3.05) is 19.0 Å². The Hall–Kier alpha value is -5.03. The van der Waals surface area contributed by atoms with Crippen molar-refractivity contribution in [3.63, 3.8) is 0 Å². The molecule has 1 aliphatic carbocycles. The van der Waals surface area contributed by atoms with Crippen molar-refractivity contribution in [1.82, 2.24) is 19.9 Å². The Balaban J connectivity index is 1.53. The Morgan fingerprint density at radius 2 is 1.46 bits per heavy atom. The second-order valence-corrected chi connectivity index (χ2v) is 13.0. The Morgan fingerprint density at radius 1 is 0.826 bits per heavy atom. The maximum atomic E-state index is 4.72. The van der Waals surface area contributed by atoms with Crippen molar-refractivity contribution in [1.29, 1.82) is 0 Å². The number of para-hydroxylation sites is 2. The molecule has 2 aliphatic rings. The van der Waals surface area contributed by atoms with E-state index in [1.165, 1.54) is 33.7 Å². The molecule has 4 aromatic rings. The van der Waals surface area contributed by atoms with Gasteiger partial charge in [0.2, 0.25) is 17.1 Å². The zero-order chi connectivity index (χ0) is 32.3. The van der Waals surface area contributed by atoms with Gasteiger partial charge in [0.15, 0.2) is 0 Å². The van der Waals surface area contributed by atoms with Gasteiger partial charge in [0.25, 0.3) is 0 Å². The first-order chi connectivity index (χ1) is 22.2. The molecule has 0 spiro atoms. The summed E-state index contributed by atoms with van der Waals surface area (Å²) in [4.78, 5) is 11.4. The number of benzene rings is 2. The summed E-state index contributed by atoms with van der Waals surface area (Å²) in [5, 5.41) is 3.50. The van der Waals surface area contributed by atoms with Gasteiger partial charge in [-0.3, -0.25) is 4.98 Å². The number of nitrogens with zero attached hydrogens (tertiary/aromatic N) is 4. The molecule has 0 bridgehead atoms. The summed E-state index contributed by atoms with van der Waals surface area (Å²) in [6, 6.07) is 29.8. The fourth-order valence-electron chi connectivity index (χ4n) is 6.88. The van der Waals surface area contributed by atoms with Crippen LogP contribution < -0.4 is 14.8 Å². The molecule has 1 N–H and O–H groups in total. The number of aromatic nitrogens is 2. The van der Waals surface area contributed by atoms with Gasteiger partial charge in [0.1, 0.15) is 5.82 Å². The van der Waals surface area contributed by atoms with Gasteiger partial charge in [0.05, 0.1) is 0 Å². The summed E-state index contributed by atoms with van der Waals surface area (Å²) in [5.74, 6) is 1.03. The molecule has 0 radical (unpaired) electrons. The Labute approximate surface area is 274 Å². The zero-order valence-corrected chi connectivity index (χ0v) is 27.8. The molecule has 2 aromatic carbocycles. The van der Waals surface area contributed by atoms with E-state index < -0.39 is 0 Å². The second kappa shape index (κ2) is 12.8. The molecule has 0 unspecified atom stereocenters. The summed E-state index contributed by atoms with van der Waals surface area (Å²) in [7, 11) is 4.13. The van der Waals surface area contributed by atoms with Crippen molar-refractivity contribution < 1.29 is 0 Å². The number of hydrogen-bond donors (Lipinski definition) is 1. The average molecular weight is 607 g/mol. The van der Waals surface area contributed by atoms with E-state index in [0.29, 0.717) is 0 Å². The molecule has 3 heterocycles. The van der Waals surface area contributed by atoms with Gasteiger partial charge >= 0.3 is 0 Å². The fraction of sp³-hybridized carbons (Fsp3) is 0.244. The number of hydrogen-bond acceptors (Lipinski definition) is 4. The lowest BCUT2D eigenvalue weighted by atomic mass is 9.82. The Kier molecular flexibility index (Phi) is 8.59. The summed E-state index contributed by atoms with van der Waals surface area (Å²) in [6.07, 6.45) is 16.8. The van der Waals surface area contributed by atoms with Crippen molar-refractivity contribution in [2.24, 2.45) is 0 Å². The largest absolute Gasteiger partial charge is 0.391 e. The third-order valence-corrected chi connectivity index (χ3v) is 9.52. The lowest BCUT2D eigenvalue weighted by Crippen LogP contribution is -2.28. The van der Waals surface area contributed by atoms with Crippen LogP contribution in [0.5, 0.6) is 0 Å². The molecule has 1 saturated carbocycles. The van der Waals surface area contributed by atoms with E-state index in [9.17, 15) is 0 Å². The molecule has 1 fully saturated rings. The maximum Gasteiger partial charge on any atom is 0.218 e. The van der Waals surface area contributed by atoms with Crippen LogP contribution >= 0.6 is 0 Å².